The highest BCUT2D eigenvalue weighted by atomic mass is 16.5. The molecule has 0 bridgehead atoms. The average molecular weight is 295 g/mol. The van der Waals surface area contributed by atoms with E-state index >= 15 is 0 Å². The van der Waals surface area contributed by atoms with Crippen LogP contribution >= 0.6 is 0 Å². The second kappa shape index (κ2) is 4.49. The first kappa shape index (κ1) is 12.7. The fourth-order valence-electron chi connectivity index (χ4n) is 2.81. The number of rotatable bonds is 2. The Morgan fingerprint density at radius 2 is 1.95 bits per heavy atom. The fraction of sp³-hybridized carbons (Fsp3) is 0.125. The summed E-state index contributed by atoms with van der Waals surface area (Å²) in [5.74, 6) is 1.17. The van der Waals surface area contributed by atoms with Gasteiger partial charge in [0.25, 0.3) is 5.56 Å². The molecule has 0 spiro atoms. The molecule has 1 aromatic carbocycles. The van der Waals surface area contributed by atoms with Crippen LogP contribution in [0.4, 0.5) is 0 Å². The normalized spacial score (nSPS) is 11.4. The number of hydrogen-bond acceptors (Lipinski definition) is 4. The predicted octanol–water partition coefficient (Wildman–Crippen LogP) is 2.35. The number of H-pyrrole nitrogens is 1. The first-order valence-corrected chi connectivity index (χ1v) is 6.76. The molecule has 22 heavy (non-hydrogen) atoms. The van der Waals surface area contributed by atoms with Gasteiger partial charge in [-0.05, 0) is 12.1 Å². The van der Waals surface area contributed by atoms with E-state index in [1.54, 1.807) is 26.5 Å². The first-order valence-electron chi connectivity index (χ1n) is 6.76. The Morgan fingerprint density at radius 1 is 1.18 bits per heavy atom. The molecular formula is C16H13N3O3. The minimum absolute atomic E-state index is 0.164. The van der Waals surface area contributed by atoms with Gasteiger partial charge in [-0.25, -0.2) is 0 Å². The van der Waals surface area contributed by atoms with Gasteiger partial charge in [0.1, 0.15) is 5.52 Å². The highest BCUT2D eigenvalue weighted by molar-refractivity contribution is 5.97. The Balaban J connectivity index is 2.25. The summed E-state index contributed by atoms with van der Waals surface area (Å²) in [7, 11) is 3.15. The van der Waals surface area contributed by atoms with Gasteiger partial charge in [0.05, 0.1) is 30.8 Å². The lowest BCUT2D eigenvalue weighted by Gasteiger charge is -2.10. The molecule has 110 valence electrons. The van der Waals surface area contributed by atoms with Gasteiger partial charge in [-0.2, -0.15) is 0 Å². The van der Waals surface area contributed by atoms with Crippen LogP contribution < -0.4 is 15.0 Å². The zero-order valence-corrected chi connectivity index (χ0v) is 12.1. The van der Waals surface area contributed by atoms with Crippen molar-refractivity contribution in [2.45, 2.75) is 0 Å². The zero-order valence-electron chi connectivity index (χ0n) is 12.1. The second-order valence-electron chi connectivity index (χ2n) is 4.96. The van der Waals surface area contributed by atoms with Crippen molar-refractivity contribution in [3.05, 3.63) is 47.0 Å². The summed E-state index contributed by atoms with van der Waals surface area (Å²) < 4.78 is 12.5. The maximum absolute atomic E-state index is 12.4. The molecule has 0 aliphatic carbocycles. The van der Waals surface area contributed by atoms with E-state index in [1.165, 1.54) is 0 Å². The SMILES string of the molecule is COc1cc2[nH]c(=O)c3c4cccnc4cn3c2cc1OC. The topological polar surface area (TPSA) is 68.6 Å². The summed E-state index contributed by atoms with van der Waals surface area (Å²) >= 11 is 0. The summed E-state index contributed by atoms with van der Waals surface area (Å²) in [5, 5.41) is 0.820. The molecule has 4 rings (SSSR count). The highest BCUT2D eigenvalue weighted by Crippen LogP contribution is 2.32. The van der Waals surface area contributed by atoms with Gasteiger partial charge in [0, 0.05) is 29.9 Å². The standard InChI is InChI=1S/C16H13N3O3/c1-21-13-6-10-12(7-14(13)22-2)19-8-11-9(4-3-5-17-11)15(19)16(20)18-10/h3-8H,1-2H3,(H,18,20). The molecule has 0 saturated carbocycles. The summed E-state index contributed by atoms with van der Waals surface area (Å²) in [4.78, 5) is 19.7. The van der Waals surface area contributed by atoms with Gasteiger partial charge in [-0.3, -0.25) is 9.78 Å². The highest BCUT2D eigenvalue weighted by Gasteiger charge is 2.14. The maximum atomic E-state index is 12.4. The monoisotopic (exact) mass is 295 g/mol. The molecular weight excluding hydrogens is 282 g/mol. The van der Waals surface area contributed by atoms with Gasteiger partial charge in [0.2, 0.25) is 0 Å². The third-order valence-corrected chi connectivity index (χ3v) is 3.81. The van der Waals surface area contributed by atoms with E-state index in [-0.39, 0.29) is 5.56 Å². The van der Waals surface area contributed by atoms with Crippen LogP contribution in [0.15, 0.2) is 41.5 Å². The van der Waals surface area contributed by atoms with Crippen LogP contribution in [-0.2, 0) is 0 Å². The van der Waals surface area contributed by atoms with Crippen molar-refractivity contribution < 1.29 is 9.47 Å². The zero-order chi connectivity index (χ0) is 15.3. The Kier molecular flexibility index (Phi) is 2.59. The Morgan fingerprint density at radius 3 is 2.73 bits per heavy atom. The van der Waals surface area contributed by atoms with E-state index in [0.717, 1.165) is 16.4 Å². The smallest absolute Gasteiger partial charge is 0.273 e. The molecule has 0 aliphatic heterocycles. The van der Waals surface area contributed by atoms with E-state index in [4.69, 9.17) is 9.47 Å². The van der Waals surface area contributed by atoms with Crippen LogP contribution in [0.2, 0.25) is 0 Å². The molecule has 6 nitrogen and oxygen atoms in total. The number of benzene rings is 1. The molecule has 0 aliphatic rings. The summed E-state index contributed by atoms with van der Waals surface area (Å²) in [6.45, 7) is 0. The predicted molar refractivity (Wildman–Crippen MR) is 83.9 cm³/mol. The van der Waals surface area contributed by atoms with Crippen LogP contribution in [0.25, 0.3) is 27.5 Å². The second-order valence-corrected chi connectivity index (χ2v) is 4.96. The van der Waals surface area contributed by atoms with E-state index in [0.29, 0.717) is 22.5 Å². The van der Waals surface area contributed by atoms with E-state index in [1.807, 2.05) is 28.8 Å². The lowest BCUT2D eigenvalue weighted by atomic mass is 10.2. The minimum atomic E-state index is -0.164. The molecule has 0 atom stereocenters. The number of fused-ring (bicyclic) bond motifs is 5. The molecule has 3 aromatic heterocycles. The van der Waals surface area contributed by atoms with Gasteiger partial charge in [-0.1, -0.05) is 0 Å². The molecule has 0 amide bonds. The molecule has 0 radical (unpaired) electrons. The fourth-order valence-corrected chi connectivity index (χ4v) is 2.81. The number of methoxy groups -OCH3 is 2. The van der Waals surface area contributed by atoms with Crippen molar-refractivity contribution in [2.75, 3.05) is 14.2 Å². The van der Waals surface area contributed by atoms with Crippen molar-refractivity contribution in [2.24, 2.45) is 0 Å². The number of pyridine rings is 1. The van der Waals surface area contributed by atoms with Gasteiger partial charge >= 0.3 is 0 Å². The van der Waals surface area contributed by atoms with Gasteiger partial charge in [0.15, 0.2) is 11.5 Å². The largest absolute Gasteiger partial charge is 0.493 e. The Hall–Kier alpha value is -3.02. The first-order chi connectivity index (χ1) is 10.7. The summed E-state index contributed by atoms with van der Waals surface area (Å²) in [5.41, 5.74) is 2.68. The van der Waals surface area contributed by atoms with Crippen LogP contribution in [0.5, 0.6) is 11.5 Å². The van der Waals surface area contributed by atoms with Crippen molar-refractivity contribution >= 4 is 27.5 Å². The quantitative estimate of drug-likeness (QED) is 0.616. The van der Waals surface area contributed by atoms with Crippen molar-refractivity contribution in [1.82, 2.24) is 14.4 Å². The van der Waals surface area contributed by atoms with E-state index in [9.17, 15) is 4.79 Å². The number of aromatic amines is 1. The third kappa shape index (κ3) is 1.60. The number of nitrogens with zero attached hydrogens (tertiary/aromatic N) is 2. The molecule has 6 heteroatoms. The van der Waals surface area contributed by atoms with E-state index in [2.05, 4.69) is 9.97 Å². The molecule has 0 fully saturated rings. The lowest BCUT2D eigenvalue weighted by Crippen LogP contribution is -2.10. The Bertz CT molecular complexity index is 1080. The molecule has 0 unspecified atom stereocenters. The maximum Gasteiger partial charge on any atom is 0.273 e. The average Bonchev–Trinajstić information content (AvgIpc) is 2.94. The number of ether oxygens (including phenoxy) is 2. The summed E-state index contributed by atoms with van der Waals surface area (Å²) in [6.07, 6.45) is 3.57. The number of nitrogens with one attached hydrogen (secondary N) is 1. The van der Waals surface area contributed by atoms with Crippen molar-refractivity contribution in [3.63, 3.8) is 0 Å². The Labute approximate surface area is 124 Å². The van der Waals surface area contributed by atoms with Crippen LogP contribution in [-0.4, -0.2) is 28.6 Å². The minimum Gasteiger partial charge on any atom is -0.493 e. The van der Waals surface area contributed by atoms with Gasteiger partial charge < -0.3 is 18.9 Å². The van der Waals surface area contributed by atoms with Gasteiger partial charge in [-0.15, -0.1) is 0 Å². The van der Waals surface area contributed by atoms with Crippen LogP contribution in [0, 0.1) is 0 Å². The number of hydrogen-bond donors (Lipinski definition) is 1. The van der Waals surface area contributed by atoms with Crippen LogP contribution in [0.1, 0.15) is 0 Å². The number of aromatic nitrogens is 3. The molecule has 3 heterocycles. The summed E-state index contributed by atoms with van der Waals surface area (Å²) in [6, 6.07) is 7.31. The van der Waals surface area contributed by atoms with Crippen molar-refractivity contribution in [1.29, 1.82) is 0 Å². The lowest BCUT2D eigenvalue weighted by molar-refractivity contribution is 0.355. The van der Waals surface area contributed by atoms with E-state index < -0.39 is 0 Å². The molecule has 0 saturated heterocycles. The molecule has 1 N–H and O–H groups in total. The van der Waals surface area contributed by atoms with Crippen molar-refractivity contribution in [3.8, 4) is 11.5 Å². The third-order valence-electron chi connectivity index (χ3n) is 3.81. The molecule has 4 aromatic rings. The van der Waals surface area contributed by atoms with Crippen LogP contribution in [0.3, 0.4) is 0 Å².